The van der Waals surface area contributed by atoms with Crippen LogP contribution < -0.4 is 20.3 Å². The molecule has 288 valence electrons. The molecule has 0 bridgehead atoms. The lowest BCUT2D eigenvalue weighted by Crippen LogP contribution is -2.18. The quantitative estimate of drug-likeness (QED) is 0.0489. The highest BCUT2D eigenvalue weighted by Crippen LogP contribution is 2.35. The van der Waals surface area contributed by atoms with Gasteiger partial charge in [0.05, 0.1) is 27.3 Å². The summed E-state index contributed by atoms with van der Waals surface area (Å²) >= 11 is 0. The van der Waals surface area contributed by atoms with Crippen molar-refractivity contribution in [2.75, 3.05) is 10.8 Å². The number of amides is 1. The second kappa shape index (κ2) is 16.8. The van der Waals surface area contributed by atoms with Crippen molar-refractivity contribution in [1.82, 2.24) is 0 Å². The second-order valence-corrected chi connectivity index (χ2v) is 13.2. The first-order valence-electron chi connectivity index (χ1n) is 17.3. The molecule has 14 nitrogen and oxygen atoms in total. The zero-order valence-electron chi connectivity index (χ0n) is 30.5. The van der Waals surface area contributed by atoms with E-state index in [0.29, 0.717) is 39.9 Å². The maximum absolute atomic E-state index is 12.8. The van der Waals surface area contributed by atoms with Gasteiger partial charge in [0.25, 0.3) is 11.6 Å². The number of aromatic carboxylic acids is 2. The van der Waals surface area contributed by atoms with E-state index in [4.69, 9.17) is 14.3 Å². The summed E-state index contributed by atoms with van der Waals surface area (Å²) in [6.45, 7) is 4.19. The Balaban J connectivity index is 1.01. The summed E-state index contributed by atoms with van der Waals surface area (Å²) in [5.74, 6) is -1.16. The summed E-state index contributed by atoms with van der Waals surface area (Å²) in [4.78, 5) is 51.6. The van der Waals surface area contributed by atoms with Crippen LogP contribution in [0.5, 0.6) is 28.7 Å². The molecule has 6 aromatic carbocycles. The summed E-state index contributed by atoms with van der Waals surface area (Å²) in [5.41, 5.74) is 4.76. The fourth-order valence-corrected chi connectivity index (χ4v) is 5.82. The van der Waals surface area contributed by atoms with Crippen molar-refractivity contribution >= 4 is 34.9 Å². The number of ether oxygens (including phenoxy) is 2. The molecular weight excluding hydrogens is 734 g/mol. The smallest absolute Gasteiger partial charge is 0.336 e. The fraction of sp³-hybridized carbons (Fsp3) is 0.0930. The van der Waals surface area contributed by atoms with Gasteiger partial charge in [-0.3, -0.25) is 25.2 Å². The van der Waals surface area contributed by atoms with Crippen LogP contribution in [-0.4, -0.2) is 38.1 Å². The van der Waals surface area contributed by atoms with Crippen LogP contribution in [0.4, 0.5) is 17.1 Å². The average molecular weight is 770 g/mol. The number of carbonyl (C=O) groups excluding carboxylic acids is 1. The highest BCUT2D eigenvalue weighted by molar-refractivity contribution is 6.11. The third-order valence-corrected chi connectivity index (χ3v) is 9.02. The van der Waals surface area contributed by atoms with Gasteiger partial charge in [-0.25, -0.2) is 9.59 Å². The number of phenols is 1. The van der Waals surface area contributed by atoms with Gasteiger partial charge < -0.3 is 30.1 Å². The van der Waals surface area contributed by atoms with Gasteiger partial charge in [-0.1, -0.05) is 44.2 Å². The summed E-state index contributed by atoms with van der Waals surface area (Å²) in [5, 5.41) is 42.0. The van der Waals surface area contributed by atoms with E-state index in [2.05, 4.69) is 24.6 Å². The first-order chi connectivity index (χ1) is 27.3. The number of non-ortho nitro benzene ring substituents is 1. The number of nitro groups is 1. The molecule has 0 saturated carbocycles. The Morgan fingerprint density at radius 2 is 1.12 bits per heavy atom. The molecule has 0 atom stereocenters. The molecule has 57 heavy (non-hydrogen) atoms. The Bertz CT molecular complexity index is 2430. The Kier molecular flexibility index (Phi) is 11.5. The molecule has 0 fully saturated rings. The van der Waals surface area contributed by atoms with Gasteiger partial charge in [-0.05, 0) is 108 Å². The number of carbonyl (C=O) groups is 3. The molecule has 0 radical (unpaired) electrons. The molecule has 6 rings (SSSR count). The second-order valence-electron chi connectivity index (χ2n) is 13.2. The number of nitrogens with one attached hydrogen (secondary N) is 2. The van der Waals surface area contributed by atoms with Crippen molar-refractivity contribution in [2.24, 2.45) is 0 Å². The van der Waals surface area contributed by atoms with Crippen LogP contribution in [0.15, 0.2) is 133 Å². The highest BCUT2D eigenvalue weighted by atomic mass is 16.6. The van der Waals surface area contributed by atoms with E-state index in [9.17, 15) is 39.8 Å². The molecular formula is C43H35N3O11. The molecule has 6 aromatic rings. The van der Waals surface area contributed by atoms with Crippen LogP contribution in [0.3, 0.4) is 0 Å². The molecule has 0 aromatic heterocycles. The van der Waals surface area contributed by atoms with Crippen LogP contribution in [-0.2, 0) is 16.9 Å². The number of phenolic OH excluding ortho intramolecular Hbond substituents is 1. The summed E-state index contributed by atoms with van der Waals surface area (Å²) in [6.07, 6.45) is 0. The van der Waals surface area contributed by atoms with Crippen LogP contribution in [0, 0.1) is 10.1 Å². The van der Waals surface area contributed by atoms with Gasteiger partial charge in [-0.2, -0.15) is 0 Å². The predicted molar refractivity (Wildman–Crippen MR) is 210 cm³/mol. The normalized spacial score (nSPS) is 11.0. The van der Waals surface area contributed by atoms with Crippen LogP contribution >= 0.6 is 0 Å². The minimum atomic E-state index is -1.46. The van der Waals surface area contributed by atoms with Gasteiger partial charge in [0.2, 0.25) is 0 Å². The SMILES string of the molecule is CC(C)(c1ccc(Oc2ccc(NOCc3ccc(O)cc3C(=O)O)cc2)cc1)c1ccc(Oc2ccc(NC(=O)c3ccc([N+](=O)[O-])cc3C(=O)O)cc2)cc1. The molecule has 0 aliphatic rings. The number of rotatable bonds is 15. The molecule has 1 amide bonds. The summed E-state index contributed by atoms with van der Waals surface area (Å²) in [6, 6.07) is 36.1. The number of aromatic hydroxyl groups is 1. The van der Waals surface area contributed by atoms with Crippen LogP contribution in [0.2, 0.25) is 0 Å². The Hall–Kier alpha value is -7.71. The number of carboxylic acids is 2. The number of benzene rings is 6. The maximum atomic E-state index is 12.8. The molecule has 5 N–H and O–H groups in total. The monoisotopic (exact) mass is 769 g/mol. The minimum absolute atomic E-state index is 0.0305. The lowest BCUT2D eigenvalue weighted by molar-refractivity contribution is -0.384. The van der Waals surface area contributed by atoms with Crippen molar-refractivity contribution in [3.05, 3.63) is 177 Å². The zero-order valence-corrected chi connectivity index (χ0v) is 30.5. The standard InChI is InChI=1S/C43H35N3O11/c1-43(2,28-6-16-34(17-7-28)57-36-20-10-30(11-21-36)45-55-25-26-3-13-32(47)24-38(26)41(49)50)27-4-14-33(15-5-27)56-35-18-8-29(9-19-35)44-40(48)37-22-12-31(46(53)54)23-39(37)42(51)52/h3-24,45,47H,25H2,1-2H3,(H,44,48)(H,49,50)(H,51,52). The lowest BCUT2D eigenvalue weighted by atomic mass is 9.78. The van der Waals surface area contributed by atoms with Crippen molar-refractivity contribution in [3.8, 4) is 28.7 Å². The van der Waals surface area contributed by atoms with E-state index in [-0.39, 0.29) is 28.9 Å². The van der Waals surface area contributed by atoms with E-state index in [1.165, 1.54) is 18.2 Å². The molecule has 0 aliphatic carbocycles. The Morgan fingerprint density at radius 3 is 1.61 bits per heavy atom. The van der Waals surface area contributed by atoms with Crippen molar-refractivity contribution in [3.63, 3.8) is 0 Å². The number of carboxylic acid groups (broad SMARTS) is 2. The summed E-state index contributed by atoms with van der Waals surface area (Å²) < 4.78 is 12.0. The number of anilines is 2. The molecule has 0 spiro atoms. The molecule has 0 unspecified atom stereocenters. The van der Waals surface area contributed by atoms with E-state index < -0.39 is 34.0 Å². The first kappa shape index (κ1) is 39.0. The largest absolute Gasteiger partial charge is 0.508 e. The lowest BCUT2D eigenvalue weighted by Gasteiger charge is -2.26. The van der Waals surface area contributed by atoms with Crippen LogP contribution in [0.1, 0.15) is 61.6 Å². The number of nitro benzene ring substituents is 1. The number of hydrogen-bond donors (Lipinski definition) is 5. The van der Waals surface area contributed by atoms with E-state index >= 15 is 0 Å². The van der Waals surface area contributed by atoms with E-state index in [1.54, 1.807) is 48.5 Å². The molecule has 0 saturated heterocycles. The summed E-state index contributed by atoms with van der Waals surface area (Å²) in [7, 11) is 0. The highest BCUT2D eigenvalue weighted by Gasteiger charge is 2.24. The Morgan fingerprint density at radius 1 is 0.632 bits per heavy atom. The maximum Gasteiger partial charge on any atom is 0.336 e. The van der Waals surface area contributed by atoms with Gasteiger partial charge in [0.1, 0.15) is 35.4 Å². The fourth-order valence-electron chi connectivity index (χ4n) is 5.82. The van der Waals surface area contributed by atoms with Crippen molar-refractivity contribution in [1.29, 1.82) is 0 Å². The van der Waals surface area contributed by atoms with Gasteiger partial charge >= 0.3 is 11.9 Å². The van der Waals surface area contributed by atoms with Crippen molar-refractivity contribution in [2.45, 2.75) is 25.9 Å². The van der Waals surface area contributed by atoms with Gasteiger partial charge in [-0.15, -0.1) is 0 Å². The zero-order chi connectivity index (χ0) is 40.7. The van der Waals surface area contributed by atoms with Crippen LogP contribution in [0.25, 0.3) is 0 Å². The van der Waals surface area contributed by atoms with Crippen molar-refractivity contribution < 1.29 is 48.9 Å². The number of nitrogens with zero attached hydrogens (tertiary/aromatic N) is 1. The molecule has 14 heteroatoms. The van der Waals surface area contributed by atoms with E-state index in [1.807, 2.05) is 48.5 Å². The average Bonchev–Trinajstić information content (AvgIpc) is 3.20. The first-order valence-corrected chi connectivity index (χ1v) is 17.3. The third kappa shape index (κ3) is 9.51. The third-order valence-electron chi connectivity index (χ3n) is 9.02. The minimum Gasteiger partial charge on any atom is -0.508 e. The van der Waals surface area contributed by atoms with E-state index in [0.717, 1.165) is 29.3 Å². The molecule has 0 heterocycles. The molecule has 0 aliphatic heterocycles. The Labute approximate surface area is 325 Å². The topological polar surface area (TPSA) is 207 Å². The predicted octanol–water partition coefficient (Wildman–Crippen LogP) is 9.40. The van der Waals surface area contributed by atoms with Gasteiger partial charge in [0, 0.05) is 23.2 Å². The van der Waals surface area contributed by atoms with Gasteiger partial charge in [0.15, 0.2) is 0 Å². The number of hydrogen-bond acceptors (Lipinski definition) is 10.